The molecule has 1 fully saturated rings. The van der Waals surface area contributed by atoms with Crippen molar-refractivity contribution in [3.8, 4) is 11.8 Å². The first-order valence-electron chi connectivity index (χ1n) is 7.22. The largest absolute Gasteiger partial charge is 0.477 e. The maximum Gasteiger partial charge on any atom is 0.278 e. The molecule has 3 heterocycles. The molecule has 1 atom stereocenters. The number of rotatable bonds is 4. The number of piperidine rings is 1. The molecular weight excluding hydrogens is 382 g/mol. The molecule has 0 aromatic carbocycles. The van der Waals surface area contributed by atoms with Gasteiger partial charge in [-0.25, -0.2) is 9.97 Å². The van der Waals surface area contributed by atoms with Gasteiger partial charge in [0, 0.05) is 28.8 Å². The zero-order valence-electron chi connectivity index (χ0n) is 12.6. The van der Waals surface area contributed by atoms with E-state index in [9.17, 15) is 4.79 Å². The Hall–Kier alpha value is -1.67. The first kappa shape index (κ1) is 16.2. The predicted octanol–water partition coefficient (Wildman–Crippen LogP) is 2.99. The molecule has 3 rings (SSSR count). The van der Waals surface area contributed by atoms with Crippen molar-refractivity contribution in [2.45, 2.75) is 18.9 Å². The highest BCUT2D eigenvalue weighted by molar-refractivity contribution is 9.10. The SMILES string of the molecule is COc1nccnc1OC1CCCN(C(=O)c2cc(Br)cs2)C1. The number of methoxy groups -OCH3 is 1. The summed E-state index contributed by atoms with van der Waals surface area (Å²) in [6.45, 7) is 1.28. The predicted molar refractivity (Wildman–Crippen MR) is 90.2 cm³/mol. The van der Waals surface area contributed by atoms with Crippen LogP contribution in [0.4, 0.5) is 0 Å². The molecule has 0 saturated carbocycles. The summed E-state index contributed by atoms with van der Waals surface area (Å²) in [5.74, 6) is 0.770. The van der Waals surface area contributed by atoms with E-state index in [4.69, 9.17) is 9.47 Å². The molecule has 0 N–H and O–H groups in total. The van der Waals surface area contributed by atoms with E-state index in [-0.39, 0.29) is 12.0 Å². The number of ether oxygens (including phenoxy) is 2. The molecule has 2 aromatic rings. The lowest BCUT2D eigenvalue weighted by Crippen LogP contribution is -2.44. The number of carbonyl (C=O) groups excluding carboxylic acids is 1. The van der Waals surface area contributed by atoms with E-state index >= 15 is 0 Å². The fraction of sp³-hybridized carbons (Fsp3) is 0.400. The maximum absolute atomic E-state index is 12.5. The van der Waals surface area contributed by atoms with E-state index in [1.807, 2.05) is 16.3 Å². The Balaban J connectivity index is 1.67. The van der Waals surface area contributed by atoms with Crippen molar-refractivity contribution in [3.05, 3.63) is 33.2 Å². The highest BCUT2D eigenvalue weighted by Crippen LogP contribution is 2.26. The van der Waals surface area contributed by atoms with Gasteiger partial charge in [0.1, 0.15) is 6.10 Å². The van der Waals surface area contributed by atoms with Crippen LogP contribution in [0.15, 0.2) is 28.3 Å². The van der Waals surface area contributed by atoms with Gasteiger partial charge >= 0.3 is 0 Å². The van der Waals surface area contributed by atoms with Crippen LogP contribution < -0.4 is 9.47 Å². The minimum atomic E-state index is -0.110. The average molecular weight is 398 g/mol. The van der Waals surface area contributed by atoms with Gasteiger partial charge in [0.15, 0.2) is 0 Å². The smallest absolute Gasteiger partial charge is 0.278 e. The molecule has 1 saturated heterocycles. The van der Waals surface area contributed by atoms with E-state index in [0.717, 1.165) is 28.7 Å². The first-order chi connectivity index (χ1) is 11.2. The van der Waals surface area contributed by atoms with Gasteiger partial charge < -0.3 is 14.4 Å². The lowest BCUT2D eigenvalue weighted by Gasteiger charge is -2.32. The van der Waals surface area contributed by atoms with Crippen LogP contribution in [0.1, 0.15) is 22.5 Å². The van der Waals surface area contributed by atoms with Gasteiger partial charge in [-0.1, -0.05) is 0 Å². The van der Waals surface area contributed by atoms with Gasteiger partial charge in [0.2, 0.25) is 0 Å². The van der Waals surface area contributed by atoms with Crippen LogP contribution in [0.3, 0.4) is 0 Å². The van der Waals surface area contributed by atoms with Crippen LogP contribution in [0.2, 0.25) is 0 Å². The summed E-state index contributed by atoms with van der Waals surface area (Å²) in [5, 5.41) is 1.91. The number of nitrogens with zero attached hydrogens (tertiary/aromatic N) is 3. The van der Waals surface area contributed by atoms with Crippen molar-refractivity contribution in [2.24, 2.45) is 0 Å². The van der Waals surface area contributed by atoms with Crippen molar-refractivity contribution in [1.29, 1.82) is 0 Å². The summed E-state index contributed by atoms with van der Waals surface area (Å²) < 4.78 is 12.0. The summed E-state index contributed by atoms with van der Waals surface area (Å²) in [7, 11) is 1.53. The lowest BCUT2D eigenvalue weighted by atomic mass is 10.1. The first-order valence-corrected chi connectivity index (χ1v) is 8.89. The molecule has 2 aromatic heterocycles. The van der Waals surface area contributed by atoms with E-state index in [1.165, 1.54) is 18.4 Å². The Labute approximate surface area is 146 Å². The van der Waals surface area contributed by atoms with E-state index < -0.39 is 0 Å². The van der Waals surface area contributed by atoms with Gasteiger partial charge in [-0.3, -0.25) is 4.79 Å². The third-order valence-corrected chi connectivity index (χ3v) is 5.23. The summed E-state index contributed by atoms with van der Waals surface area (Å²) in [6.07, 6.45) is 4.77. The van der Waals surface area contributed by atoms with Crippen LogP contribution >= 0.6 is 27.3 Å². The van der Waals surface area contributed by atoms with Gasteiger partial charge in [0.05, 0.1) is 18.5 Å². The van der Waals surface area contributed by atoms with Crippen LogP contribution in [0.25, 0.3) is 0 Å². The number of amides is 1. The Kier molecular flexibility index (Phi) is 5.12. The van der Waals surface area contributed by atoms with E-state index in [1.54, 1.807) is 12.4 Å². The number of hydrogen-bond donors (Lipinski definition) is 0. The zero-order valence-corrected chi connectivity index (χ0v) is 15.0. The summed E-state index contributed by atoms with van der Waals surface area (Å²) in [4.78, 5) is 23.3. The Morgan fingerprint density at radius 1 is 1.39 bits per heavy atom. The average Bonchev–Trinajstić information content (AvgIpc) is 3.01. The summed E-state index contributed by atoms with van der Waals surface area (Å²) >= 11 is 4.82. The number of halogens is 1. The highest BCUT2D eigenvalue weighted by atomic mass is 79.9. The normalized spacial score (nSPS) is 17.8. The third kappa shape index (κ3) is 3.81. The standard InChI is InChI=1S/C15H16BrN3O3S/c1-21-13-14(18-5-4-17-13)22-11-3-2-6-19(8-11)15(20)12-7-10(16)9-23-12/h4-5,7,9,11H,2-3,6,8H2,1H3. The van der Waals surface area contributed by atoms with Gasteiger partial charge in [-0.2, -0.15) is 0 Å². The second-order valence-electron chi connectivity index (χ2n) is 5.13. The fourth-order valence-electron chi connectivity index (χ4n) is 2.49. The highest BCUT2D eigenvalue weighted by Gasteiger charge is 2.27. The van der Waals surface area contributed by atoms with E-state index in [2.05, 4.69) is 25.9 Å². The minimum Gasteiger partial charge on any atom is -0.477 e. The molecule has 0 radical (unpaired) electrons. The van der Waals surface area contributed by atoms with Crippen molar-refractivity contribution in [2.75, 3.05) is 20.2 Å². The molecule has 1 unspecified atom stereocenters. The number of likely N-dealkylation sites (tertiary alicyclic amines) is 1. The maximum atomic E-state index is 12.5. The van der Waals surface area contributed by atoms with Crippen molar-refractivity contribution >= 4 is 33.2 Å². The number of hydrogen-bond acceptors (Lipinski definition) is 6. The lowest BCUT2D eigenvalue weighted by molar-refractivity contribution is 0.0523. The Morgan fingerprint density at radius 3 is 2.87 bits per heavy atom. The second-order valence-corrected chi connectivity index (χ2v) is 6.96. The Bertz CT molecular complexity index is 694. The van der Waals surface area contributed by atoms with Gasteiger partial charge in [-0.15, -0.1) is 11.3 Å². The molecule has 0 spiro atoms. The monoisotopic (exact) mass is 397 g/mol. The van der Waals surface area contributed by atoms with Crippen molar-refractivity contribution in [1.82, 2.24) is 14.9 Å². The van der Waals surface area contributed by atoms with Gasteiger partial charge in [0.25, 0.3) is 17.7 Å². The van der Waals surface area contributed by atoms with Crippen LogP contribution in [0, 0.1) is 0 Å². The number of thiophene rings is 1. The van der Waals surface area contributed by atoms with Gasteiger partial charge in [-0.05, 0) is 34.8 Å². The van der Waals surface area contributed by atoms with E-state index in [0.29, 0.717) is 18.3 Å². The number of aromatic nitrogens is 2. The second kappa shape index (κ2) is 7.27. The Morgan fingerprint density at radius 2 is 2.17 bits per heavy atom. The molecule has 8 heteroatoms. The molecule has 1 aliphatic heterocycles. The zero-order chi connectivity index (χ0) is 16.2. The number of carbonyl (C=O) groups is 1. The third-order valence-electron chi connectivity index (χ3n) is 3.55. The topological polar surface area (TPSA) is 64.6 Å². The molecule has 122 valence electrons. The molecule has 1 amide bonds. The van der Waals surface area contributed by atoms with Crippen LogP contribution in [-0.2, 0) is 0 Å². The van der Waals surface area contributed by atoms with Crippen LogP contribution in [-0.4, -0.2) is 47.1 Å². The molecular formula is C15H16BrN3O3S. The quantitative estimate of drug-likeness (QED) is 0.793. The molecule has 6 nitrogen and oxygen atoms in total. The fourth-order valence-corrected chi connectivity index (χ4v) is 3.88. The molecule has 23 heavy (non-hydrogen) atoms. The summed E-state index contributed by atoms with van der Waals surface area (Å²) in [6, 6.07) is 1.85. The minimum absolute atomic E-state index is 0.0418. The molecule has 0 bridgehead atoms. The van der Waals surface area contributed by atoms with Crippen molar-refractivity contribution < 1.29 is 14.3 Å². The van der Waals surface area contributed by atoms with Crippen LogP contribution in [0.5, 0.6) is 11.8 Å². The molecule has 0 aliphatic carbocycles. The van der Waals surface area contributed by atoms with Crippen molar-refractivity contribution in [3.63, 3.8) is 0 Å². The summed E-state index contributed by atoms with van der Waals surface area (Å²) in [5.41, 5.74) is 0. The molecule has 1 aliphatic rings.